The number of halogens is 2. The molecular formula is C16H18ClFN2. The van der Waals surface area contributed by atoms with Gasteiger partial charge >= 0.3 is 0 Å². The van der Waals surface area contributed by atoms with Crippen LogP contribution in [0.2, 0.25) is 5.02 Å². The smallest absolute Gasteiger partial charge is 0.123 e. The summed E-state index contributed by atoms with van der Waals surface area (Å²) < 4.78 is 13.1. The Morgan fingerprint density at radius 2 is 1.85 bits per heavy atom. The predicted octanol–water partition coefficient (Wildman–Crippen LogP) is 4.14. The monoisotopic (exact) mass is 292 g/mol. The van der Waals surface area contributed by atoms with Gasteiger partial charge in [0.15, 0.2) is 0 Å². The number of nitrogens with zero attached hydrogens (tertiary/aromatic N) is 1. The number of hydrogen-bond donors (Lipinski definition) is 1. The molecule has 0 atom stereocenters. The molecule has 0 saturated carbocycles. The second kappa shape index (κ2) is 6.73. The highest BCUT2D eigenvalue weighted by atomic mass is 35.5. The zero-order valence-corrected chi connectivity index (χ0v) is 12.2. The summed E-state index contributed by atoms with van der Waals surface area (Å²) in [6.45, 7) is 3.41. The summed E-state index contributed by atoms with van der Waals surface area (Å²) in [5.74, 6) is -0.233. The third kappa shape index (κ3) is 3.30. The van der Waals surface area contributed by atoms with E-state index in [-0.39, 0.29) is 5.82 Å². The molecule has 2 aromatic rings. The second-order valence-corrected chi connectivity index (χ2v) is 4.97. The van der Waals surface area contributed by atoms with E-state index in [1.54, 1.807) is 12.1 Å². The quantitative estimate of drug-likeness (QED) is 0.897. The van der Waals surface area contributed by atoms with Crippen molar-refractivity contribution in [2.45, 2.75) is 13.3 Å². The van der Waals surface area contributed by atoms with Crippen LogP contribution in [0.25, 0.3) is 0 Å². The second-order valence-electron chi connectivity index (χ2n) is 4.53. The van der Waals surface area contributed by atoms with Crippen molar-refractivity contribution in [1.29, 1.82) is 0 Å². The van der Waals surface area contributed by atoms with Gasteiger partial charge in [0.05, 0.1) is 0 Å². The van der Waals surface area contributed by atoms with Crippen LogP contribution in [0.3, 0.4) is 0 Å². The molecule has 0 amide bonds. The van der Waals surface area contributed by atoms with Crippen molar-refractivity contribution < 1.29 is 4.39 Å². The van der Waals surface area contributed by atoms with E-state index in [0.717, 1.165) is 29.9 Å². The molecule has 2 N–H and O–H groups in total. The Labute approximate surface area is 124 Å². The molecule has 2 aromatic carbocycles. The summed E-state index contributed by atoms with van der Waals surface area (Å²) in [6, 6.07) is 12.3. The van der Waals surface area contributed by atoms with Crippen LogP contribution >= 0.6 is 11.6 Å². The van der Waals surface area contributed by atoms with Crippen LogP contribution in [0.4, 0.5) is 15.8 Å². The third-order valence-corrected chi connectivity index (χ3v) is 3.44. The average Bonchev–Trinajstić information content (AvgIpc) is 2.44. The molecule has 0 radical (unpaired) electrons. The fourth-order valence-electron chi connectivity index (χ4n) is 2.29. The van der Waals surface area contributed by atoms with Gasteiger partial charge in [-0.15, -0.1) is 0 Å². The van der Waals surface area contributed by atoms with Gasteiger partial charge in [0.25, 0.3) is 0 Å². The van der Waals surface area contributed by atoms with E-state index in [4.69, 9.17) is 17.3 Å². The van der Waals surface area contributed by atoms with Crippen molar-refractivity contribution in [2.24, 2.45) is 5.73 Å². The molecule has 106 valence electrons. The molecule has 0 aliphatic rings. The normalized spacial score (nSPS) is 10.6. The predicted molar refractivity (Wildman–Crippen MR) is 83.3 cm³/mol. The number of hydrogen-bond acceptors (Lipinski definition) is 2. The maximum atomic E-state index is 13.1. The Morgan fingerprint density at radius 1 is 1.15 bits per heavy atom. The van der Waals surface area contributed by atoms with E-state index in [2.05, 4.69) is 11.8 Å². The van der Waals surface area contributed by atoms with Crippen molar-refractivity contribution in [3.63, 3.8) is 0 Å². The Kier molecular flexibility index (Phi) is 4.99. The maximum Gasteiger partial charge on any atom is 0.123 e. The minimum absolute atomic E-state index is 0.233. The van der Waals surface area contributed by atoms with Gasteiger partial charge < -0.3 is 10.6 Å². The number of rotatable bonds is 5. The fourth-order valence-corrected chi connectivity index (χ4v) is 2.48. The van der Waals surface area contributed by atoms with Gasteiger partial charge in [-0.05, 0) is 67.9 Å². The Bertz CT molecular complexity index is 569. The SMILES string of the molecule is CCN(c1ccc(F)cc1)c1ccc(Cl)cc1CCN. The van der Waals surface area contributed by atoms with E-state index in [1.165, 1.54) is 12.1 Å². The Morgan fingerprint density at radius 3 is 2.45 bits per heavy atom. The third-order valence-electron chi connectivity index (χ3n) is 3.20. The number of benzene rings is 2. The summed E-state index contributed by atoms with van der Waals surface area (Å²) in [6.07, 6.45) is 0.758. The maximum absolute atomic E-state index is 13.1. The van der Waals surface area contributed by atoms with Gasteiger partial charge in [0.1, 0.15) is 5.82 Å². The van der Waals surface area contributed by atoms with Gasteiger partial charge in [0, 0.05) is 22.9 Å². The van der Waals surface area contributed by atoms with Gasteiger partial charge in [-0.25, -0.2) is 4.39 Å². The van der Waals surface area contributed by atoms with Crippen LogP contribution < -0.4 is 10.6 Å². The molecule has 0 bridgehead atoms. The molecule has 0 aliphatic heterocycles. The van der Waals surface area contributed by atoms with E-state index >= 15 is 0 Å². The summed E-state index contributed by atoms with van der Waals surface area (Å²) in [5.41, 5.74) is 8.79. The summed E-state index contributed by atoms with van der Waals surface area (Å²) in [5, 5.41) is 0.701. The largest absolute Gasteiger partial charge is 0.342 e. The standard InChI is InChI=1S/C16H18ClFN2/c1-2-20(15-6-4-14(18)5-7-15)16-8-3-13(17)11-12(16)9-10-19/h3-8,11H,2,9-10,19H2,1H3. The molecular weight excluding hydrogens is 275 g/mol. The first-order chi connectivity index (χ1) is 9.65. The van der Waals surface area contributed by atoms with Crippen LogP contribution in [0.5, 0.6) is 0 Å². The van der Waals surface area contributed by atoms with Gasteiger partial charge in [-0.2, -0.15) is 0 Å². The van der Waals surface area contributed by atoms with E-state index < -0.39 is 0 Å². The zero-order chi connectivity index (χ0) is 14.5. The lowest BCUT2D eigenvalue weighted by molar-refractivity contribution is 0.628. The highest BCUT2D eigenvalue weighted by Gasteiger charge is 2.12. The van der Waals surface area contributed by atoms with E-state index in [1.807, 2.05) is 18.2 Å². The first-order valence-corrected chi connectivity index (χ1v) is 7.05. The fraction of sp³-hybridized carbons (Fsp3) is 0.250. The molecule has 0 heterocycles. The molecule has 4 heteroatoms. The van der Waals surface area contributed by atoms with Crippen LogP contribution in [-0.2, 0) is 6.42 Å². The van der Waals surface area contributed by atoms with E-state index in [0.29, 0.717) is 11.6 Å². The Hall–Kier alpha value is -1.58. The van der Waals surface area contributed by atoms with Gasteiger partial charge in [-0.3, -0.25) is 0 Å². The van der Waals surface area contributed by atoms with Crippen LogP contribution in [0.1, 0.15) is 12.5 Å². The van der Waals surface area contributed by atoms with Crippen molar-refractivity contribution >= 4 is 23.0 Å². The molecule has 0 unspecified atom stereocenters. The van der Waals surface area contributed by atoms with Crippen LogP contribution in [-0.4, -0.2) is 13.1 Å². The minimum Gasteiger partial charge on any atom is -0.342 e. The molecule has 2 nitrogen and oxygen atoms in total. The van der Waals surface area contributed by atoms with Gasteiger partial charge in [-0.1, -0.05) is 11.6 Å². The molecule has 2 rings (SSSR count). The molecule has 0 saturated heterocycles. The van der Waals surface area contributed by atoms with Gasteiger partial charge in [0.2, 0.25) is 0 Å². The summed E-state index contributed by atoms with van der Waals surface area (Å²) >= 11 is 6.06. The summed E-state index contributed by atoms with van der Waals surface area (Å²) in [7, 11) is 0. The molecule has 0 fully saturated rings. The lowest BCUT2D eigenvalue weighted by Gasteiger charge is -2.26. The molecule has 0 aliphatic carbocycles. The van der Waals surface area contributed by atoms with Crippen LogP contribution in [0.15, 0.2) is 42.5 Å². The summed E-state index contributed by atoms with van der Waals surface area (Å²) in [4.78, 5) is 2.13. The zero-order valence-electron chi connectivity index (χ0n) is 11.4. The number of anilines is 2. The number of nitrogens with two attached hydrogens (primary N) is 1. The first kappa shape index (κ1) is 14.8. The highest BCUT2D eigenvalue weighted by molar-refractivity contribution is 6.30. The lowest BCUT2D eigenvalue weighted by atomic mass is 10.1. The van der Waals surface area contributed by atoms with Crippen molar-refractivity contribution in [1.82, 2.24) is 0 Å². The minimum atomic E-state index is -0.233. The molecule has 0 spiro atoms. The van der Waals surface area contributed by atoms with Crippen molar-refractivity contribution in [3.8, 4) is 0 Å². The highest BCUT2D eigenvalue weighted by Crippen LogP contribution is 2.30. The topological polar surface area (TPSA) is 29.3 Å². The molecule has 20 heavy (non-hydrogen) atoms. The average molecular weight is 293 g/mol. The van der Waals surface area contributed by atoms with Crippen molar-refractivity contribution in [2.75, 3.05) is 18.0 Å². The van der Waals surface area contributed by atoms with E-state index in [9.17, 15) is 4.39 Å². The first-order valence-electron chi connectivity index (χ1n) is 6.67. The lowest BCUT2D eigenvalue weighted by Crippen LogP contribution is -2.18. The van der Waals surface area contributed by atoms with Crippen LogP contribution in [0, 0.1) is 5.82 Å². The molecule has 0 aromatic heterocycles. The Balaban J connectivity index is 2.43. The van der Waals surface area contributed by atoms with Crippen molar-refractivity contribution in [3.05, 3.63) is 58.9 Å².